The third kappa shape index (κ3) is 5.39. The molecule has 29 heavy (non-hydrogen) atoms. The number of hydrogen-bond donors (Lipinski definition) is 2. The number of carbonyl (C=O) groups excluding carboxylic acids is 1. The van der Waals surface area contributed by atoms with Gasteiger partial charge >= 0.3 is 6.09 Å². The highest BCUT2D eigenvalue weighted by Gasteiger charge is 2.33. The van der Waals surface area contributed by atoms with Gasteiger partial charge in [-0.1, -0.05) is 0 Å². The lowest BCUT2D eigenvalue weighted by Gasteiger charge is -2.32. The molecule has 3 N–H and O–H groups in total. The van der Waals surface area contributed by atoms with Gasteiger partial charge in [0.15, 0.2) is 4.90 Å². The number of unbranched alkanes of at least 4 members (excludes halogenated alkanes) is 1. The van der Waals surface area contributed by atoms with Crippen LogP contribution in [0.3, 0.4) is 0 Å². The minimum atomic E-state index is -1.10. The third-order valence-corrected chi connectivity index (χ3v) is 7.27. The van der Waals surface area contributed by atoms with Gasteiger partial charge in [0.1, 0.15) is 17.1 Å². The highest BCUT2D eigenvalue weighted by molar-refractivity contribution is 9.11. The number of rotatable bonds is 7. The van der Waals surface area contributed by atoms with E-state index in [4.69, 9.17) is 15.2 Å². The van der Waals surface area contributed by atoms with Gasteiger partial charge in [0.05, 0.1) is 18.0 Å². The van der Waals surface area contributed by atoms with Gasteiger partial charge in [0, 0.05) is 26.6 Å². The quantitative estimate of drug-likeness (QED) is 0.270. The van der Waals surface area contributed by atoms with E-state index >= 15 is 0 Å². The molecule has 1 aliphatic heterocycles. The molecule has 0 saturated heterocycles. The summed E-state index contributed by atoms with van der Waals surface area (Å²) in [6.45, 7) is 4.20. The Kier molecular flexibility index (Phi) is 7.03. The summed E-state index contributed by atoms with van der Waals surface area (Å²) in [4.78, 5) is 12.3. The zero-order valence-electron chi connectivity index (χ0n) is 16.1. The molecule has 0 spiro atoms. The lowest BCUT2D eigenvalue weighted by Crippen LogP contribution is -2.34. The molecule has 0 saturated carbocycles. The van der Waals surface area contributed by atoms with Crippen molar-refractivity contribution in [1.82, 2.24) is 0 Å². The van der Waals surface area contributed by atoms with Crippen LogP contribution in [-0.2, 0) is 21.5 Å². The van der Waals surface area contributed by atoms with Crippen LogP contribution in [-0.4, -0.2) is 23.0 Å². The monoisotopic (exact) mass is 544 g/mol. The molecule has 0 aliphatic carbocycles. The van der Waals surface area contributed by atoms with Gasteiger partial charge in [-0.25, -0.2) is 4.79 Å². The fourth-order valence-electron chi connectivity index (χ4n) is 2.98. The lowest BCUT2D eigenvalue weighted by atomic mass is 9.94. The molecule has 156 valence electrons. The molecule has 9 heteroatoms. The molecule has 2 aromatic carbocycles. The smallest absolute Gasteiger partial charge is 0.412 e. The zero-order valence-corrected chi connectivity index (χ0v) is 20.1. The summed E-state index contributed by atoms with van der Waals surface area (Å²) in [5, 5.41) is 2.69. The van der Waals surface area contributed by atoms with Crippen LogP contribution in [0.2, 0.25) is 0 Å². The van der Waals surface area contributed by atoms with Crippen LogP contribution in [0.1, 0.15) is 32.3 Å². The van der Waals surface area contributed by atoms with Crippen molar-refractivity contribution in [2.24, 2.45) is 0 Å². The first-order valence-corrected chi connectivity index (χ1v) is 12.0. The van der Waals surface area contributed by atoms with E-state index < -0.39 is 22.9 Å². The molecular formula is C20H22Br2N2O4S. The van der Waals surface area contributed by atoms with Crippen molar-refractivity contribution < 1.29 is 18.8 Å². The van der Waals surface area contributed by atoms with Crippen LogP contribution in [0.5, 0.6) is 5.75 Å². The van der Waals surface area contributed by atoms with E-state index in [1.807, 2.05) is 32.0 Å². The maximum absolute atomic E-state index is 12.5. The van der Waals surface area contributed by atoms with Crippen molar-refractivity contribution in [3.05, 3.63) is 44.8 Å². The summed E-state index contributed by atoms with van der Waals surface area (Å²) in [6, 6.07) is 9.11. The van der Waals surface area contributed by atoms with Gasteiger partial charge in [-0.3, -0.25) is 5.32 Å². The fraction of sp³-hybridized carbons (Fsp3) is 0.350. The number of anilines is 2. The van der Waals surface area contributed by atoms with Gasteiger partial charge < -0.3 is 19.8 Å². The number of benzene rings is 2. The minimum Gasteiger partial charge on any atom is -0.611 e. The van der Waals surface area contributed by atoms with E-state index in [-0.39, 0.29) is 0 Å². The lowest BCUT2D eigenvalue weighted by molar-refractivity contribution is 0.0418. The van der Waals surface area contributed by atoms with Crippen LogP contribution in [0.25, 0.3) is 0 Å². The predicted octanol–water partition coefficient (Wildman–Crippen LogP) is 5.56. The molecule has 1 aliphatic rings. The third-order valence-electron chi connectivity index (χ3n) is 4.53. The zero-order chi connectivity index (χ0) is 21.2. The normalized spacial score (nSPS) is 15.8. The van der Waals surface area contributed by atoms with Gasteiger partial charge in [0.25, 0.3) is 0 Å². The highest BCUT2D eigenvalue weighted by Crippen LogP contribution is 2.37. The number of amides is 1. The van der Waals surface area contributed by atoms with E-state index in [1.54, 1.807) is 12.1 Å². The molecule has 2 aromatic rings. The number of fused-ring (bicyclic) bond motifs is 1. The van der Waals surface area contributed by atoms with Crippen molar-refractivity contribution in [3.63, 3.8) is 0 Å². The highest BCUT2D eigenvalue weighted by atomic mass is 79.9. The Morgan fingerprint density at radius 2 is 1.90 bits per heavy atom. The Balaban J connectivity index is 1.49. The van der Waals surface area contributed by atoms with Crippen LogP contribution in [0.15, 0.2) is 44.2 Å². The average Bonchev–Trinajstić information content (AvgIpc) is 2.65. The second-order valence-corrected chi connectivity index (χ2v) is 10.4. The summed E-state index contributed by atoms with van der Waals surface area (Å²) in [5.74, 6) is 1.26. The summed E-state index contributed by atoms with van der Waals surface area (Å²) in [7, 11) is 0. The van der Waals surface area contributed by atoms with Crippen molar-refractivity contribution in [2.75, 3.05) is 23.4 Å². The molecule has 0 aromatic heterocycles. The van der Waals surface area contributed by atoms with Crippen LogP contribution in [0, 0.1) is 0 Å². The van der Waals surface area contributed by atoms with Gasteiger partial charge in [0.2, 0.25) is 0 Å². The SMILES string of the molecule is CC1(C)OC(=O)Nc2ccc(OCCCC[S+]([O-])c3cc(Br)c(N)c(Br)c3)cc21. The number of nitrogens with one attached hydrogen (secondary N) is 1. The molecule has 0 radical (unpaired) electrons. The molecule has 1 atom stereocenters. The number of halogens is 2. The van der Waals surface area contributed by atoms with E-state index in [1.165, 1.54) is 0 Å². The first-order chi connectivity index (χ1) is 13.7. The predicted molar refractivity (Wildman–Crippen MR) is 122 cm³/mol. The maximum Gasteiger partial charge on any atom is 0.412 e. The van der Waals surface area contributed by atoms with Crippen LogP contribution >= 0.6 is 31.9 Å². The summed E-state index contributed by atoms with van der Waals surface area (Å²) in [5.41, 5.74) is 7.36. The van der Waals surface area contributed by atoms with Crippen LogP contribution in [0.4, 0.5) is 16.2 Å². The van der Waals surface area contributed by atoms with E-state index in [0.29, 0.717) is 23.8 Å². The second kappa shape index (κ2) is 9.16. The van der Waals surface area contributed by atoms with Gasteiger partial charge in [-0.15, -0.1) is 0 Å². The second-order valence-electron chi connectivity index (χ2n) is 7.14. The number of carbonyl (C=O) groups is 1. The summed E-state index contributed by atoms with van der Waals surface area (Å²) >= 11 is 5.66. The largest absolute Gasteiger partial charge is 0.611 e. The topological polar surface area (TPSA) is 96.6 Å². The summed E-state index contributed by atoms with van der Waals surface area (Å²) in [6.07, 6.45) is 1.09. The number of nitrogen functional groups attached to an aromatic ring is 1. The fourth-order valence-corrected chi connectivity index (χ4v) is 5.67. The number of hydrogen-bond acceptors (Lipinski definition) is 5. The number of nitrogens with two attached hydrogens (primary N) is 1. The van der Waals surface area contributed by atoms with E-state index in [2.05, 4.69) is 37.2 Å². The molecule has 1 amide bonds. The number of ether oxygens (including phenoxy) is 2. The standard InChI is InChI=1S/C20H22Br2N2O4S/c1-20(2)14-9-12(5-6-17(14)24-19(25)28-20)27-7-3-4-8-29(26)13-10-15(21)18(23)16(22)11-13/h5-6,9-11H,3-4,7-8,23H2,1-2H3,(H,24,25). The van der Waals surface area contributed by atoms with Crippen molar-refractivity contribution in [1.29, 1.82) is 0 Å². The molecule has 0 fully saturated rings. The Morgan fingerprint density at radius 1 is 1.21 bits per heavy atom. The minimum absolute atomic E-state index is 0.454. The van der Waals surface area contributed by atoms with Gasteiger partial charge in [-0.2, -0.15) is 0 Å². The van der Waals surface area contributed by atoms with Gasteiger partial charge in [-0.05, 0) is 87.9 Å². The van der Waals surface area contributed by atoms with Crippen LogP contribution < -0.4 is 15.8 Å². The van der Waals surface area contributed by atoms with Crippen molar-refractivity contribution >= 4 is 60.5 Å². The molecule has 0 bridgehead atoms. The van der Waals surface area contributed by atoms with Crippen molar-refractivity contribution in [2.45, 2.75) is 37.2 Å². The average molecular weight is 546 g/mol. The molecule has 3 rings (SSSR count). The molecule has 1 heterocycles. The Morgan fingerprint density at radius 3 is 2.59 bits per heavy atom. The molecule has 1 unspecified atom stereocenters. The Hall–Kier alpha value is -1.42. The summed E-state index contributed by atoms with van der Waals surface area (Å²) < 4.78 is 25.1. The number of cyclic esters (lactones) is 1. The first-order valence-electron chi connectivity index (χ1n) is 9.07. The van der Waals surface area contributed by atoms with E-state index in [0.717, 1.165) is 37.9 Å². The van der Waals surface area contributed by atoms with Crippen molar-refractivity contribution in [3.8, 4) is 5.75 Å². The maximum atomic E-state index is 12.5. The Bertz CT molecular complexity index is 900. The first kappa shape index (κ1) is 22.3. The molecular weight excluding hydrogens is 524 g/mol. The van der Waals surface area contributed by atoms with E-state index in [9.17, 15) is 9.35 Å². The molecule has 6 nitrogen and oxygen atoms in total. The Labute approximate surface area is 190 Å².